The van der Waals surface area contributed by atoms with E-state index in [-0.39, 0.29) is 17.3 Å². The third kappa shape index (κ3) is 1.77. The number of carbonyl (C=O) groups excluding carboxylic acids is 1. The molecule has 4 aliphatic rings. The van der Waals surface area contributed by atoms with Gasteiger partial charge in [-0.3, -0.25) is 4.79 Å². The maximum Gasteiger partial charge on any atom is 0.155 e. The molecule has 0 saturated heterocycles. The Bertz CT molecular complexity index is 511. The summed E-state index contributed by atoms with van der Waals surface area (Å²) < 4.78 is 0. The number of aliphatic hydroxyl groups is 2. The summed E-state index contributed by atoms with van der Waals surface area (Å²) >= 11 is 0. The van der Waals surface area contributed by atoms with Crippen molar-refractivity contribution in [1.82, 2.24) is 0 Å². The third-order valence-electron chi connectivity index (χ3n) is 7.39. The molecule has 0 amide bonds. The van der Waals surface area contributed by atoms with Crippen molar-refractivity contribution in [3.05, 3.63) is 11.6 Å². The zero-order chi connectivity index (χ0) is 14.8. The van der Waals surface area contributed by atoms with Gasteiger partial charge in [-0.1, -0.05) is 6.92 Å². The average Bonchev–Trinajstić information content (AvgIpc) is 2.76. The minimum atomic E-state index is -0.730. The Morgan fingerprint density at radius 2 is 1.90 bits per heavy atom. The summed E-state index contributed by atoms with van der Waals surface area (Å²) in [6.45, 7) is 2.26. The van der Waals surface area contributed by atoms with Crippen molar-refractivity contribution in [2.45, 2.75) is 70.0 Å². The van der Waals surface area contributed by atoms with Crippen LogP contribution in [0, 0.1) is 23.2 Å². The maximum atomic E-state index is 11.7. The Labute approximate surface area is 126 Å². The fourth-order valence-electron chi connectivity index (χ4n) is 6.16. The Morgan fingerprint density at radius 3 is 2.71 bits per heavy atom. The van der Waals surface area contributed by atoms with E-state index >= 15 is 0 Å². The predicted octanol–water partition coefficient (Wildman–Crippen LogP) is 2.60. The lowest BCUT2D eigenvalue weighted by Gasteiger charge is -2.56. The van der Waals surface area contributed by atoms with Crippen LogP contribution in [-0.4, -0.2) is 27.7 Å². The fraction of sp³-hybridized carbons (Fsp3) is 0.833. The van der Waals surface area contributed by atoms with Crippen LogP contribution in [0.15, 0.2) is 11.6 Å². The van der Waals surface area contributed by atoms with Gasteiger partial charge < -0.3 is 10.2 Å². The minimum Gasteiger partial charge on any atom is -0.393 e. The van der Waals surface area contributed by atoms with Crippen molar-refractivity contribution >= 4 is 5.78 Å². The van der Waals surface area contributed by atoms with Gasteiger partial charge >= 0.3 is 0 Å². The number of hydrogen-bond acceptors (Lipinski definition) is 3. The molecule has 0 radical (unpaired) electrons. The molecular formula is C18H26O3. The summed E-state index contributed by atoms with van der Waals surface area (Å²) in [5.41, 5.74) is 0.330. The quantitative estimate of drug-likeness (QED) is 0.721. The number of rotatable bonds is 0. The molecule has 4 rings (SSSR count). The second kappa shape index (κ2) is 4.42. The molecule has 0 aliphatic heterocycles. The zero-order valence-electron chi connectivity index (χ0n) is 12.8. The Hall–Kier alpha value is -0.670. The van der Waals surface area contributed by atoms with Crippen LogP contribution in [0.4, 0.5) is 0 Å². The molecule has 4 unspecified atom stereocenters. The molecule has 21 heavy (non-hydrogen) atoms. The van der Waals surface area contributed by atoms with Crippen LogP contribution in [0.5, 0.6) is 0 Å². The molecule has 0 aromatic rings. The SMILES string of the molecule is CC12CCC3C(CCC4=CC(=O)CC[C@@]43O)C1CC[C@@H]2O. The maximum absolute atomic E-state index is 11.7. The number of ketones is 1. The van der Waals surface area contributed by atoms with Crippen LogP contribution >= 0.6 is 0 Å². The van der Waals surface area contributed by atoms with Crippen LogP contribution in [-0.2, 0) is 4.79 Å². The van der Waals surface area contributed by atoms with Gasteiger partial charge in [-0.2, -0.15) is 0 Å². The van der Waals surface area contributed by atoms with Gasteiger partial charge in [0.2, 0.25) is 0 Å². The standard InChI is InChI=1S/C18H26O3/c1-17-8-7-15-13(14(17)4-5-16(17)20)3-2-11-10-12(19)6-9-18(11,15)21/h10,13-16,20-21H,2-9H2,1H3/t13?,14?,15?,16-,17?,18+/m0/s1. The predicted molar refractivity (Wildman–Crippen MR) is 79.6 cm³/mol. The smallest absolute Gasteiger partial charge is 0.155 e. The van der Waals surface area contributed by atoms with Crippen molar-refractivity contribution < 1.29 is 15.0 Å². The zero-order valence-corrected chi connectivity index (χ0v) is 12.8. The van der Waals surface area contributed by atoms with Gasteiger partial charge in [0, 0.05) is 6.42 Å². The third-order valence-corrected chi connectivity index (χ3v) is 7.39. The van der Waals surface area contributed by atoms with Crippen molar-refractivity contribution in [2.75, 3.05) is 0 Å². The summed E-state index contributed by atoms with van der Waals surface area (Å²) in [7, 11) is 0. The van der Waals surface area contributed by atoms with Crippen LogP contribution in [0.25, 0.3) is 0 Å². The molecule has 6 atom stereocenters. The van der Waals surface area contributed by atoms with Gasteiger partial charge in [0.15, 0.2) is 5.78 Å². The molecule has 116 valence electrons. The highest BCUT2D eigenvalue weighted by atomic mass is 16.3. The van der Waals surface area contributed by atoms with E-state index in [2.05, 4.69) is 6.92 Å². The van der Waals surface area contributed by atoms with Crippen molar-refractivity contribution in [2.24, 2.45) is 23.2 Å². The summed E-state index contributed by atoms with van der Waals surface area (Å²) in [5, 5.41) is 21.7. The first-order chi connectivity index (χ1) is 9.95. The van der Waals surface area contributed by atoms with Gasteiger partial charge in [0.05, 0.1) is 11.7 Å². The fourth-order valence-corrected chi connectivity index (χ4v) is 6.16. The highest BCUT2D eigenvalue weighted by Crippen LogP contribution is 2.62. The first kappa shape index (κ1) is 14.0. The second-order valence-corrected chi connectivity index (χ2v) is 8.11. The summed E-state index contributed by atoms with van der Waals surface area (Å²) in [5.74, 6) is 1.56. The topological polar surface area (TPSA) is 57.5 Å². The van der Waals surface area contributed by atoms with E-state index in [0.717, 1.165) is 44.1 Å². The van der Waals surface area contributed by atoms with E-state index in [1.165, 1.54) is 0 Å². The molecule has 2 N–H and O–H groups in total. The molecule has 3 saturated carbocycles. The van der Waals surface area contributed by atoms with Gasteiger partial charge in [0.25, 0.3) is 0 Å². The molecule has 0 heterocycles. The van der Waals surface area contributed by atoms with Crippen LogP contribution in [0.3, 0.4) is 0 Å². The van der Waals surface area contributed by atoms with Gasteiger partial charge in [0.1, 0.15) is 0 Å². The van der Waals surface area contributed by atoms with E-state index in [9.17, 15) is 15.0 Å². The number of fused-ring (bicyclic) bond motifs is 5. The summed E-state index contributed by atoms with van der Waals surface area (Å²) in [6.07, 6.45) is 8.67. The molecule has 3 heteroatoms. The lowest BCUT2D eigenvalue weighted by molar-refractivity contribution is -0.129. The van der Waals surface area contributed by atoms with Gasteiger partial charge in [-0.05, 0) is 79.8 Å². The summed E-state index contributed by atoms with van der Waals surface area (Å²) in [4.78, 5) is 11.7. The number of hydrogen-bond donors (Lipinski definition) is 2. The Balaban J connectivity index is 1.69. The molecule has 0 aromatic carbocycles. The molecule has 0 aromatic heterocycles. The van der Waals surface area contributed by atoms with Crippen LogP contribution in [0.2, 0.25) is 0 Å². The largest absolute Gasteiger partial charge is 0.393 e. The van der Waals surface area contributed by atoms with Crippen molar-refractivity contribution in [1.29, 1.82) is 0 Å². The van der Waals surface area contributed by atoms with E-state index < -0.39 is 5.60 Å². The van der Waals surface area contributed by atoms with Crippen molar-refractivity contribution in [3.63, 3.8) is 0 Å². The molecule has 4 aliphatic carbocycles. The number of carbonyl (C=O) groups is 1. The first-order valence-electron chi connectivity index (χ1n) is 8.59. The lowest BCUT2D eigenvalue weighted by Crippen LogP contribution is -2.55. The van der Waals surface area contributed by atoms with Crippen molar-refractivity contribution in [3.8, 4) is 0 Å². The van der Waals surface area contributed by atoms with E-state index in [1.54, 1.807) is 6.08 Å². The molecule has 0 spiro atoms. The minimum absolute atomic E-state index is 0.0588. The normalized spacial score (nSPS) is 52.7. The first-order valence-corrected chi connectivity index (χ1v) is 8.59. The second-order valence-electron chi connectivity index (χ2n) is 8.11. The van der Waals surface area contributed by atoms with Crippen LogP contribution < -0.4 is 0 Å². The van der Waals surface area contributed by atoms with Crippen LogP contribution in [0.1, 0.15) is 58.3 Å². The average molecular weight is 290 g/mol. The molecular weight excluding hydrogens is 264 g/mol. The number of aliphatic hydroxyl groups excluding tert-OH is 1. The highest BCUT2D eigenvalue weighted by Gasteiger charge is 2.59. The lowest BCUT2D eigenvalue weighted by atomic mass is 9.50. The molecule has 3 nitrogen and oxygen atoms in total. The van der Waals surface area contributed by atoms with Gasteiger partial charge in [-0.15, -0.1) is 0 Å². The Kier molecular flexibility index (Phi) is 2.94. The van der Waals surface area contributed by atoms with Gasteiger partial charge in [-0.25, -0.2) is 0 Å². The van der Waals surface area contributed by atoms with E-state index in [0.29, 0.717) is 30.6 Å². The Morgan fingerprint density at radius 1 is 1.10 bits per heavy atom. The molecule has 3 fully saturated rings. The molecule has 0 bridgehead atoms. The highest BCUT2D eigenvalue weighted by molar-refractivity contribution is 5.92. The van der Waals surface area contributed by atoms with E-state index in [4.69, 9.17) is 0 Å². The monoisotopic (exact) mass is 290 g/mol. The summed E-state index contributed by atoms with van der Waals surface area (Å²) in [6, 6.07) is 0. The van der Waals surface area contributed by atoms with E-state index in [1.807, 2.05) is 0 Å².